The van der Waals surface area contributed by atoms with E-state index in [1.807, 2.05) is 41.0 Å². The Balaban J connectivity index is 1.43. The maximum Gasteiger partial charge on any atom is 0.291 e. The van der Waals surface area contributed by atoms with Gasteiger partial charge in [0.15, 0.2) is 0 Å². The molecular weight excluding hydrogens is 372 g/mol. The highest BCUT2D eigenvalue weighted by Crippen LogP contribution is 2.29. The quantitative estimate of drug-likeness (QED) is 0.582. The van der Waals surface area contributed by atoms with Gasteiger partial charge < -0.3 is 5.32 Å². The van der Waals surface area contributed by atoms with Gasteiger partial charge in [0.25, 0.3) is 5.56 Å². The largest absolute Gasteiger partial charge is 0.348 e. The molecule has 0 radical (unpaired) electrons. The number of carbonyl (C=O) groups excluding carboxylic acids is 1. The van der Waals surface area contributed by atoms with Crippen molar-refractivity contribution in [3.63, 3.8) is 0 Å². The van der Waals surface area contributed by atoms with Crippen molar-refractivity contribution >= 4 is 33.0 Å². The summed E-state index contributed by atoms with van der Waals surface area (Å²) < 4.78 is 4.18. The van der Waals surface area contributed by atoms with E-state index in [9.17, 15) is 9.59 Å². The minimum absolute atomic E-state index is 0.00313. The number of nitrogens with zero attached hydrogens (tertiary/aromatic N) is 3. The standard InChI is InChI=1S/C21H20N4O2S/c1-13-23-24(21(27)18-11-19-17(25(13)18)9-10-28-19)12-20(26)22-16-8-4-6-14-5-2-3-7-15(14)16/h2-3,5,7,9-11,16H,4,6,8,12H2,1H3,(H,22,26)/t16-/m1/s1. The average molecular weight is 392 g/mol. The SMILES string of the molecule is Cc1nn(CC(=O)N[C@@H]2CCCc3ccccc32)c(=O)c2cc3sccc3n12. The van der Waals surface area contributed by atoms with Crippen LogP contribution in [0.25, 0.3) is 15.7 Å². The van der Waals surface area contributed by atoms with Crippen LogP contribution >= 0.6 is 11.3 Å². The summed E-state index contributed by atoms with van der Waals surface area (Å²) in [6, 6.07) is 12.1. The van der Waals surface area contributed by atoms with Gasteiger partial charge in [-0.15, -0.1) is 11.3 Å². The second-order valence-electron chi connectivity index (χ2n) is 7.26. The molecule has 0 fully saturated rings. The number of aryl methyl sites for hydroxylation is 2. The van der Waals surface area contributed by atoms with Gasteiger partial charge in [-0.05, 0) is 54.8 Å². The second kappa shape index (κ2) is 6.60. The lowest BCUT2D eigenvalue weighted by molar-refractivity contribution is -0.122. The van der Waals surface area contributed by atoms with Gasteiger partial charge in [-0.25, -0.2) is 4.68 Å². The van der Waals surface area contributed by atoms with E-state index in [1.54, 1.807) is 11.3 Å². The molecule has 7 heteroatoms. The van der Waals surface area contributed by atoms with Gasteiger partial charge in [0.1, 0.15) is 17.9 Å². The first-order chi connectivity index (χ1) is 13.6. The van der Waals surface area contributed by atoms with Crippen LogP contribution in [0.3, 0.4) is 0 Å². The molecule has 0 saturated carbocycles. The first kappa shape index (κ1) is 17.2. The Hall–Kier alpha value is -2.93. The molecule has 0 saturated heterocycles. The third-order valence-corrected chi connectivity index (χ3v) is 6.32. The molecular formula is C21H20N4O2S. The number of benzene rings is 1. The van der Waals surface area contributed by atoms with Crippen molar-refractivity contribution in [3.8, 4) is 0 Å². The normalized spacial score (nSPS) is 16.4. The zero-order valence-corrected chi connectivity index (χ0v) is 16.3. The van der Waals surface area contributed by atoms with Gasteiger partial charge in [-0.2, -0.15) is 5.10 Å². The Morgan fingerprint density at radius 3 is 3.04 bits per heavy atom. The van der Waals surface area contributed by atoms with Crippen molar-refractivity contribution in [3.05, 3.63) is 69.1 Å². The van der Waals surface area contributed by atoms with Crippen LogP contribution < -0.4 is 10.9 Å². The first-order valence-electron chi connectivity index (χ1n) is 9.45. The van der Waals surface area contributed by atoms with E-state index in [0.717, 1.165) is 29.5 Å². The number of amides is 1. The highest BCUT2D eigenvalue weighted by atomic mass is 32.1. The summed E-state index contributed by atoms with van der Waals surface area (Å²) >= 11 is 1.59. The van der Waals surface area contributed by atoms with Crippen molar-refractivity contribution in [2.24, 2.45) is 0 Å². The summed E-state index contributed by atoms with van der Waals surface area (Å²) in [6.45, 7) is 1.78. The highest BCUT2D eigenvalue weighted by molar-refractivity contribution is 7.17. The molecule has 1 atom stereocenters. The van der Waals surface area contributed by atoms with Gasteiger partial charge in [-0.3, -0.25) is 14.0 Å². The van der Waals surface area contributed by atoms with Crippen molar-refractivity contribution in [2.75, 3.05) is 0 Å². The van der Waals surface area contributed by atoms with Gasteiger partial charge >= 0.3 is 0 Å². The fourth-order valence-electron chi connectivity index (χ4n) is 4.22. The van der Waals surface area contributed by atoms with Crippen LogP contribution in [-0.4, -0.2) is 20.1 Å². The molecule has 5 rings (SSSR count). The molecule has 1 aromatic carbocycles. The van der Waals surface area contributed by atoms with Crippen molar-refractivity contribution in [1.29, 1.82) is 0 Å². The van der Waals surface area contributed by atoms with Crippen LogP contribution in [0.15, 0.2) is 46.6 Å². The number of hydrogen-bond donors (Lipinski definition) is 1. The summed E-state index contributed by atoms with van der Waals surface area (Å²) in [5, 5.41) is 9.49. The predicted molar refractivity (Wildman–Crippen MR) is 110 cm³/mol. The third kappa shape index (κ3) is 2.74. The molecule has 1 amide bonds. The summed E-state index contributed by atoms with van der Waals surface area (Å²) in [5.41, 5.74) is 3.77. The molecule has 0 aliphatic heterocycles. The lowest BCUT2D eigenvalue weighted by Crippen LogP contribution is -2.37. The molecule has 3 heterocycles. The summed E-state index contributed by atoms with van der Waals surface area (Å²) in [7, 11) is 0. The maximum atomic E-state index is 12.9. The van der Waals surface area contributed by atoms with Crippen molar-refractivity contribution in [1.82, 2.24) is 19.5 Å². The first-order valence-corrected chi connectivity index (χ1v) is 10.3. The number of thiophene rings is 1. The lowest BCUT2D eigenvalue weighted by atomic mass is 9.88. The van der Waals surface area contributed by atoms with E-state index < -0.39 is 0 Å². The average Bonchev–Trinajstić information content (AvgIpc) is 3.27. The van der Waals surface area contributed by atoms with E-state index >= 15 is 0 Å². The van der Waals surface area contributed by atoms with Crippen LogP contribution in [0.1, 0.15) is 35.8 Å². The minimum atomic E-state index is -0.242. The van der Waals surface area contributed by atoms with Gasteiger partial charge in [0.05, 0.1) is 16.3 Å². The summed E-state index contributed by atoms with van der Waals surface area (Å²) in [6.07, 6.45) is 3.01. The van der Waals surface area contributed by atoms with E-state index in [2.05, 4.69) is 22.5 Å². The number of hydrogen-bond acceptors (Lipinski definition) is 4. The number of carbonyl (C=O) groups is 1. The molecule has 3 aromatic heterocycles. The van der Waals surface area contributed by atoms with Crippen LogP contribution in [-0.2, 0) is 17.8 Å². The van der Waals surface area contributed by atoms with E-state index in [0.29, 0.717) is 11.3 Å². The fraction of sp³-hybridized carbons (Fsp3) is 0.286. The molecule has 0 unspecified atom stereocenters. The molecule has 0 spiro atoms. The van der Waals surface area contributed by atoms with Crippen molar-refractivity contribution < 1.29 is 4.79 Å². The number of rotatable bonds is 3. The van der Waals surface area contributed by atoms with Crippen LogP contribution in [0, 0.1) is 6.92 Å². The minimum Gasteiger partial charge on any atom is -0.348 e. The Morgan fingerprint density at radius 1 is 1.29 bits per heavy atom. The summed E-state index contributed by atoms with van der Waals surface area (Å²) in [4.78, 5) is 25.6. The van der Waals surface area contributed by atoms with Crippen LogP contribution in [0.2, 0.25) is 0 Å². The van der Waals surface area contributed by atoms with Gasteiger partial charge in [0, 0.05) is 0 Å². The molecule has 1 aliphatic carbocycles. The van der Waals surface area contributed by atoms with Gasteiger partial charge in [-0.1, -0.05) is 24.3 Å². The van der Waals surface area contributed by atoms with Gasteiger partial charge in [0.2, 0.25) is 5.91 Å². The second-order valence-corrected chi connectivity index (χ2v) is 8.20. The number of aromatic nitrogens is 3. The number of fused-ring (bicyclic) bond motifs is 4. The molecule has 6 nitrogen and oxygen atoms in total. The topological polar surface area (TPSA) is 68.4 Å². The molecule has 1 aliphatic rings. The zero-order chi connectivity index (χ0) is 19.3. The Labute approximate surface area is 165 Å². The summed E-state index contributed by atoms with van der Waals surface area (Å²) in [5.74, 6) is 0.507. The van der Waals surface area contributed by atoms with E-state index in [1.165, 1.54) is 15.8 Å². The molecule has 1 N–H and O–H groups in total. The zero-order valence-electron chi connectivity index (χ0n) is 15.5. The maximum absolute atomic E-state index is 12.9. The fourth-order valence-corrected chi connectivity index (χ4v) is 5.02. The van der Waals surface area contributed by atoms with E-state index in [-0.39, 0.29) is 24.1 Å². The monoisotopic (exact) mass is 392 g/mol. The van der Waals surface area contributed by atoms with Crippen LogP contribution in [0.5, 0.6) is 0 Å². The lowest BCUT2D eigenvalue weighted by Gasteiger charge is -2.26. The van der Waals surface area contributed by atoms with Crippen molar-refractivity contribution in [2.45, 2.75) is 38.8 Å². The third-order valence-electron chi connectivity index (χ3n) is 5.46. The number of nitrogens with one attached hydrogen (secondary N) is 1. The predicted octanol–water partition coefficient (Wildman–Crippen LogP) is 3.21. The molecule has 0 bridgehead atoms. The molecule has 142 valence electrons. The smallest absolute Gasteiger partial charge is 0.291 e. The van der Waals surface area contributed by atoms with E-state index in [4.69, 9.17) is 0 Å². The Morgan fingerprint density at radius 2 is 2.14 bits per heavy atom. The van der Waals surface area contributed by atoms with Crippen LogP contribution in [0.4, 0.5) is 0 Å². The Kier molecular flexibility index (Phi) is 4.05. The molecule has 4 aromatic rings. The highest BCUT2D eigenvalue weighted by Gasteiger charge is 2.22. The Bertz CT molecular complexity index is 1270. The molecule has 28 heavy (non-hydrogen) atoms.